The van der Waals surface area contributed by atoms with Crippen molar-refractivity contribution < 1.29 is 0 Å². The number of rotatable bonds is 7. The van der Waals surface area contributed by atoms with Gasteiger partial charge in [-0.15, -0.1) is 0 Å². The molecule has 1 N–H and O–H groups in total. The van der Waals surface area contributed by atoms with Crippen LogP contribution in [0.5, 0.6) is 0 Å². The van der Waals surface area contributed by atoms with Crippen molar-refractivity contribution in [2.24, 2.45) is 5.41 Å². The third kappa shape index (κ3) is 4.46. The summed E-state index contributed by atoms with van der Waals surface area (Å²) in [5, 5.41) is 5.00. The lowest BCUT2D eigenvalue weighted by Crippen LogP contribution is -2.33. The van der Waals surface area contributed by atoms with E-state index in [0.717, 1.165) is 35.1 Å². The zero-order valence-corrected chi connectivity index (χ0v) is 13.0. The average Bonchev–Trinajstić information content (AvgIpc) is 2.32. The molecule has 0 radical (unpaired) electrons. The molecule has 0 fully saturated rings. The molecule has 3 heteroatoms. The first-order chi connectivity index (χ1) is 8.52. The Morgan fingerprint density at radius 2 is 1.78 bits per heavy atom. The molecule has 0 aromatic heterocycles. The fraction of sp³-hybridized carbons (Fsp3) is 0.600. The second-order valence-electron chi connectivity index (χ2n) is 5.22. The van der Waals surface area contributed by atoms with E-state index in [0.29, 0.717) is 0 Å². The van der Waals surface area contributed by atoms with Gasteiger partial charge in [0.1, 0.15) is 0 Å². The molecule has 1 unspecified atom stereocenters. The topological polar surface area (TPSA) is 12.0 Å². The van der Waals surface area contributed by atoms with Gasteiger partial charge in [-0.05, 0) is 42.5 Å². The predicted octanol–water partition coefficient (Wildman–Crippen LogP) is 4.95. The van der Waals surface area contributed by atoms with E-state index < -0.39 is 0 Å². The van der Waals surface area contributed by atoms with E-state index in [4.69, 9.17) is 23.2 Å². The summed E-state index contributed by atoms with van der Waals surface area (Å²) in [6.07, 6.45) is 3.26. The highest BCUT2D eigenvalue weighted by Crippen LogP contribution is 2.34. The molecule has 0 aliphatic rings. The number of nitrogens with one attached hydrogen (secondary N) is 1. The van der Waals surface area contributed by atoms with Crippen molar-refractivity contribution in [1.29, 1.82) is 0 Å². The van der Waals surface area contributed by atoms with E-state index in [9.17, 15) is 0 Å². The molecule has 0 aliphatic carbocycles. The third-order valence-electron chi connectivity index (χ3n) is 3.32. The monoisotopic (exact) mass is 287 g/mol. The zero-order chi connectivity index (χ0) is 13.6. The minimum atomic E-state index is 0.208. The Hall–Kier alpha value is -0.240. The Kier molecular flexibility index (Phi) is 6.48. The number of hydrogen-bond acceptors (Lipinski definition) is 1. The summed E-state index contributed by atoms with van der Waals surface area (Å²) in [6, 6.07) is 5.74. The molecule has 0 heterocycles. The smallest absolute Gasteiger partial charge is 0.0453 e. The van der Waals surface area contributed by atoms with Crippen LogP contribution in [0.1, 0.15) is 39.2 Å². The lowest BCUT2D eigenvalue weighted by molar-refractivity contribution is 0.277. The van der Waals surface area contributed by atoms with Crippen LogP contribution in [0.2, 0.25) is 10.0 Å². The zero-order valence-electron chi connectivity index (χ0n) is 11.5. The first kappa shape index (κ1) is 15.8. The molecule has 1 aromatic rings. The van der Waals surface area contributed by atoms with Gasteiger partial charge in [-0.2, -0.15) is 0 Å². The summed E-state index contributed by atoms with van der Waals surface area (Å²) < 4.78 is 0. The third-order valence-corrected chi connectivity index (χ3v) is 4.03. The van der Waals surface area contributed by atoms with Crippen molar-refractivity contribution in [3.8, 4) is 0 Å². The molecule has 18 heavy (non-hydrogen) atoms. The van der Waals surface area contributed by atoms with E-state index in [1.807, 2.05) is 18.2 Å². The van der Waals surface area contributed by atoms with Crippen molar-refractivity contribution >= 4 is 23.2 Å². The number of hydrogen-bond donors (Lipinski definition) is 1. The SMILES string of the molecule is CCCC(C)(CNCC)Cc1c(Cl)cccc1Cl. The Morgan fingerprint density at radius 3 is 2.28 bits per heavy atom. The summed E-state index contributed by atoms with van der Waals surface area (Å²) in [6.45, 7) is 8.65. The van der Waals surface area contributed by atoms with E-state index in [1.54, 1.807) is 0 Å². The van der Waals surface area contributed by atoms with Gasteiger partial charge in [0.15, 0.2) is 0 Å². The molecule has 1 nitrogen and oxygen atoms in total. The van der Waals surface area contributed by atoms with Gasteiger partial charge in [0.25, 0.3) is 0 Å². The van der Waals surface area contributed by atoms with Crippen LogP contribution in [0.15, 0.2) is 18.2 Å². The first-order valence-electron chi connectivity index (χ1n) is 6.66. The van der Waals surface area contributed by atoms with E-state index in [2.05, 4.69) is 26.1 Å². The molecule has 1 aromatic carbocycles. The second kappa shape index (κ2) is 7.37. The highest BCUT2D eigenvalue weighted by Gasteiger charge is 2.25. The standard InChI is InChI=1S/C15H23Cl2N/c1-4-9-15(3,11-18-5-2)10-12-13(16)7-6-8-14(12)17/h6-8,18H,4-5,9-11H2,1-3H3. The van der Waals surface area contributed by atoms with Gasteiger partial charge >= 0.3 is 0 Å². The van der Waals surface area contributed by atoms with E-state index >= 15 is 0 Å². The molecular weight excluding hydrogens is 265 g/mol. The summed E-state index contributed by atoms with van der Waals surface area (Å²) in [5.74, 6) is 0. The van der Waals surface area contributed by atoms with Crippen molar-refractivity contribution in [2.75, 3.05) is 13.1 Å². The van der Waals surface area contributed by atoms with Crippen LogP contribution in [-0.4, -0.2) is 13.1 Å². The fourth-order valence-electron chi connectivity index (χ4n) is 2.40. The molecule has 1 atom stereocenters. The Bertz CT molecular complexity index is 359. The Labute approximate surface area is 121 Å². The van der Waals surface area contributed by atoms with Crippen molar-refractivity contribution in [2.45, 2.75) is 40.0 Å². The van der Waals surface area contributed by atoms with Gasteiger partial charge in [-0.3, -0.25) is 0 Å². The summed E-state index contributed by atoms with van der Waals surface area (Å²) in [5.41, 5.74) is 1.29. The maximum Gasteiger partial charge on any atom is 0.0453 e. The van der Waals surface area contributed by atoms with Crippen LogP contribution >= 0.6 is 23.2 Å². The molecule has 0 spiro atoms. The number of benzene rings is 1. The lowest BCUT2D eigenvalue weighted by atomic mass is 9.79. The first-order valence-corrected chi connectivity index (χ1v) is 7.41. The lowest BCUT2D eigenvalue weighted by Gasteiger charge is -2.30. The highest BCUT2D eigenvalue weighted by molar-refractivity contribution is 6.36. The number of halogens is 2. The maximum absolute atomic E-state index is 6.26. The predicted molar refractivity (Wildman–Crippen MR) is 81.7 cm³/mol. The van der Waals surface area contributed by atoms with Crippen molar-refractivity contribution in [3.05, 3.63) is 33.8 Å². The van der Waals surface area contributed by atoms with Crippen molar-refractivity contribution in [1.82, 2.24) is 5.32 Å². The van der Waals surface area contributed by atoms with Crippen LogP contribution in [0.4, 0.5) is 0 Å². The van der Waals surface area contributed by atoms with Gasteiger partial charge in [0, 0.05) is 16.6 Å². The summed E-state index contributed by atoms with van der Waals surface area (Å²) in [7, 11) is 0. The minimum Gasteiger partial charge on any atom is -0.316 e. The molecule has 0 saturated carbocycles. The fourth-order valence-corrected chi connectivity index (χ4v) is 2.93. The molecule has 0 amide bonds. The average molecular weight is 288 g/mol. The van der Waals surface area contributed by atoms with Crippen LogP contribution in [0.25, 0.3) is 0 Å². The Morgan fingerprint density at radius 1 is 1.17 bits per heavy atom. The highest BCUT2D eigenvalue weighted by atomic mass is 35.5. The maximum atomic E-state index is 6.26. The summed E-state index contributed by atoms with van der Waals surface area (Å²) in [4.78, 5) is 0. The van der Waals surface area contributed by atoms with Gasteiger partial charge < -0.3 is 5.32 Å². The Balaban J connectivity index is 2.88. The molecule has 0 saturated heterocycles. The second-order valence-corrected chi connectivity index (χ2v) is 6.03. The normalized spacial score (nSPS) is 14.5. The molecule has 0 aliphatic heterocycles. The van der Waals surface area contributed by atoms with E-state index in [1.165, 1.54) is 12.8 Å². The van der Waals surface area contributed by atoms with Gasteiger partial charge in [-0.25, -0.2) is 0 Å². The van der Waals surface area contributed by atoms with Gasteiger partial charge in [0.05, 0.1) is 0 Å². The van der Waals surface area contributed by atoms with Crippen LogP contribution in [-0.2, 0) is 6.42 Å². The van der Waals surface area contributed by atoms with Crippen LogP contribution in [0, 0.1) is 5.41 Å². The molecule has 102 valence electrons. The molecule has 1 rings (SSSR count). The van der Waals surface area contributed by atoms with E-state index in [-0.39, 0.29) is 5.41 Å². The summed E-state index contributed by atoms with van der Waals surface area (Å²) >= 11 is 12.5. The van der Waals surface area contributed by atoms with Crippen LogP contribution < -0.4 is 5.32 Å². The largest absolute Gasteiger partial charge is 0.316 e. The molecule has 0 bridgehead atoms. The molecular formula is C15H23Cl2N. The van der Waals surface area contributed by atoms with Gasteiger partial charge in [-0.1, -0.05) is 56.5 Å². The van der Waals surface area contributed by atoms with Crippen LogP contribution in [0.3, 0.4) is 0 Å². The quantitative estimate of drug-likeness (QED) is 0.748. The van der Waals surface area contributed by atoms with Crippen molar-refractivity contribution in [3.63, 3.8) is 0 Å². The minimum absolute atomic E-state index is 0.208. The van der Waals surface area contributed by atoms with Gasteiger partial charge in [0.2, 0.25) is 0 Å².